The van der Waals surface area contributed by atoms with E-state index in [4.69, 9.17) is 0 Å². The number of hydrogen-bond acceptors (Lipinski definition) is 2. The van der Waals surface area contributed by atoms with Crippen molar-refractivity contribution in [3.8, 4) is 22.3 Å². The number of alkyl halides is 6. The Kier molecular flexibility index (Phi) is 7.37. The Balaban J connectivity index is 1.72. The summed E-state index contributed by atoms with van der Waals surface area (Å²) in [6, 6.07) is 13.0. The summed E-state index contributed by atoms with van der Waals surface area (Å²) in [5, 5.41) is 0. The van der Waals surface area contributed by atoms with Crippen molar-refractivity contribution in [1.82, 2.24) is 0 Å². The molecule has 2 fully saturated rings. The van der Waals surface area contributed by atoms with Gasteiger partial charge in [0, 0.05) is 31.5 Å². The van der Waals surface area contributed by atoms with Gasteiger partial charge in [-0.3, -0.25) is 9.59 Å². The summed E-state index contributed by atoms with van der Waals surface area (Å²) >= 11 is 0. The van der Waals surface area contributed by atoms with E-state index in [0.717, 1.165) is 18.2 Å². The maximum Gasteiger partial charge on any atom is 0.417 e. The molecule has 10 heteroatoms. The van der Waals surface area contributed by atoms with E-state index in [1.807, 2.05) is 0 Å². The Morgan fingerprint density at radius 2 is 1.10 bits per heavy atom. The van der Waals surface area contributed by atoms with Crippen LogP contribution in [0.5, 0.6) is 0 Å². The molecule has 0 aromatic heterocycles. The van der Waals surface area contributed by atoms with E-state index in [1.54, 1.807) is 0 Å². The monoisotopic (exact) mass is 560 g/mol. The summed E-state index contributed by atoms with van der Waals surface area (Å²) in [5.74, 6) is -0.642. The van der Waals surface area contributed by atoms with Gasteiger partial charge < -0.3 is 9.80 Å². The zero-order chi connectivity index (χ0) is 28.7. The van der Waals surface area contributed by atoms with Crippen molar-refractivity contribution < 1.29 is 35.9 Å². The van der Waals surface area contributed by atoms with E-state index < -0.39 is 23.5 Å². The number of carbonyl (C=O) groups is 2. The molecule has 2 saturated heterocycles. The van der Waals surface area contributed by atoms with Crippen LogP contribution in [0.1, 0.15) is 49.7 Å². The highest BCUT2D eigenvalue weighted by Gasteiger charge is 2.37. The zero-order valence-corrected chi connectivity index (χ0v) is 21.4. The third-order valence-corrected chi connectivity index (χ3v) is 7.37. The number of rotatable bonds is 4. The third-order valence-electron chi connectivity index (χ3n) is 7.37. The van der Waals surface area contributed by atoms with Gasteiger partial charge in [-0.15, -0.1) is 0 Å². The molecular formula is C30H26F6N2O2. The summed E-state index contributed by atoms with van der Waals surface area (Å²) in [6.07, 6.45) is -6.50. The molecule has 40 heavy (non-hydrogen) atoms. The largest absolute Gasteiger partial charge is 0.417 e. The molecule has 0 atom stereocenters. The number of amides is 2. The predicted molar refractivity (Wildman–Crippen MR) is 140 cm³/mol. The van der Waals surface area contributed by atoms with E-state index in [1.165, 1.54) is 52.3 Å². The van der Waals surface area contributed by atoms with Crippen molar-refractivity contribution in [2.75, 3.05) is 22.9 Å². The number of anilines is 2. The molecule has 2 heterocycles. The van der Waals surface area contributed by atoms with Gasteiger partial charge in [-0.05, 0) is 60.6 Å². The van der Waals surface area contributed by atoms with Crippen molar-refractivity contribution >= 4 is 23.2 Å². The van der Waals surface area contributed by atoms with Crippen LogP contribution in [0, 0.1) is 0 Å². The Morgan fingerprint density at radius 3 is 1.57 bits per heavy atom. The highest BCUT2D eigenvalue weighted by atomic mass is 19.4. The minimum Gasteiger partial charge on any atom is -0.312 e. The average molecular weight is 561 g/mol. The van der Waals surface area contributed by atoms with Crippen LogP contribution in [0.4, 0.5) is 37.7 Å². The summed E-state index contributed by atoms with van der Waals surface area (Å²) in [5.41, 5.74) is -0.808. The van der Waals surface area contributed by atoms with E-state index in [2.05, 4.69) is 0 Å². The second-order valence-corrected chi connectivity index (χ2v) is 10.0. The third kappa shape index (κ3) is 5.44. The molecule has 5 rings (SSSR count). The van der Waals surface area contributed by atoms with Crippen LogP contribution in [0.3, 0.4) is 0 Å². The summed E-state index contributed by atoms with van der Waals surface area (Å²) < 4.78 is 83.2. The van der Waals surface area contributed by atoms with Gasteiger partial charge >= 0.3 is 12.4 Å². The number of benzene rings is 3. The fourth-order valence-electron chi connectivity index (χ4n) is 5.42. The van der Waals surface area contributed by atoms with Crippen LogP contribution in [-0.2, 0) is 21.9 Å². The Bertz CT molecular complexity index is 1380. The molecule has 4 nitrogen and oxygen atoms in total. The summed E-state index contributed by atoms with van der Waals surface area (Å²) in [6.45, 7) is 0.440. The van der Waals surface area contributed by atoms with Crippen molar-refractivity contribution in [3.05, 3.63) is 71.8 Å². The molecule has 0 spiro atoms. The van der Waals surface area contributed by atoms with E-state index in [-0.39, 0.29) is 65.8 Å². The molecular weight excluding hydrogens is 534 g/mol. The van der Waals surface area contributed by atoms with Crippen LogP contribution in [0.25, 0.3) is 22.3 Å². The van der Waals surface area contributed by atoms with Gasteiger partial charge in [0.25, 0.3) is 0 Å². The fraction of sp³-hybridized carbons (Fsp3) is 0.333. The van der Waals surface area contributed by atoms with Gasteiger partial charge in [0.15, 0.2) is 0 Å². The van der Waals surface area contributed by atoms with E-state index in [0.29, 0.717) is 31.2 Å². The molecule has 3 aromatic rings. The first-order chi connectivity index (χ1) is 18.9. The smallest absolute Gasteiger partial charge is 0.312 e. The number of halogens is 6. The standard InChI is InChI=1S/C30H26F6N2O2/c31-29(32,33)21-17-24(37-15-5-3-9-26(37)39)28(25(18-21)38-16-6-4-10-27(38)40)20-13-11-19(12-14-20)22-7-1-2-8-23(22)30(34,35)36/h1-2,7-8,11-14,17-18H,3-6,9-10,15-16H2. The maximum absolute atomic E-state index is 14.1. The van der Waals surface area contributed by atoms with Crippen LogP contribution in [-0.4, -0.2) is 24.9 Å². The second-order valence-electron chi connectivity index (χ2n) is 10.0. The molecule has 2 amide bonds. The minimum atomic E-state index is -4.73. The van der Waals surface area contributed by atoms with Gasteiger partial charge in [-0.1, -0.05) is 42.5 Å². The topological polar surface area (TPSA) is 40.6 Å². The van der Waals surface area contributed by atoms with Gasteiger partial charge in [0.05, 0.1) is 22.5 Å². The lowest BCUT2D eigenvalue weighted by atomic mass is 9.92. The maximum atomic E-state index is 14.1. The molecule has 0 aliphatic carbocycles. The SMILES string of the molecule is O=C1CCCCN1c1cc(C(F)(F)F)cc(N2CCCCC2=O)c1-c1ccc(-c2ccccc2C(F)(F)F)cc1. The predicted octanol–water partition coefficient (Wildman–Crippen LogP) is 8.09. The average Bonchev–Trinajstić information content (AvgIpc) is 2.92. The lowest BCUT2D eigenvalue weighted by Gasteiger charge is -2.34. The number of piperidine rings is 2. The van der Waals surface area contributed by atoms with Crippen molar-refractivity contribution in [3.63, 3.8) is 0 Å². The molecule has 0 N–H and O–H groups in total. The lowest BCUT2D eigenvalue weighted by molar-refractivity contribution is -0.138. The Hall–Kier alpha value is -3.82. The molecule has 0 saturated carbocycles. The number of carbonyl (C=O) groups excluding carboxylic acids is 2. The van der Waals surface area contributed by atoms with Gasteiger partial charge in [-0.2, -0.15) is 26.3 Å². The molecule has 0 unspecified atom stereocenters. The summed E-state index contributed by atoms with van der Waals surface area (Å²) in [7, 11) is 0. The van der Waals surface area contributed by atoms with Gasteiger partial charge in [0.2, 0.25) is 11.8 Å². The summed E-state index contributed by atoms with van der Waals surface area (Å²) in [4.78, 5) is 28.5. The molecule has 2 aliphatic heterocycles. The highest BCUT2D eigenvalue weighted by Crippen LogP contribution is 2.46. The molecule has 3 aromatic carbocycles. The Labute approximate surface area is 227 Å². The van der Waals surface area contributed by atoms with Crippen molar-refractivity contribution in [2.45, 2.75) is 50.9 Å². The van der Waals surface area contributed by atoms with E-state index in [9.17, 15) is 35.9 Å². The van der Waals surface area contributed by atoms with Gasteiger partial charge in [0.1, 0.15) is 0 Å². The van der Waals surface area contributed by atoms with Crippen LogP contribution in [0.2, 0.25) is 0 Å². The van der Waals surface area contributed by atoms with Crippen molar-refractivity contribution in [2.24, 2.45) is 0 Å². The quantitative estimate of drug-likeness (QED) is 0.303. The molecule has 2 aliphatic rings. The lowest BCUT2D eigenvalue weighted by Crippen LogP contribution is -2.38. The van der Waals surface area contributed by atoms with Crippen molar-refractivity contribution in [1.29, 1.82) is 0 Å². The zero-order valence-electron chi connectivity index (χ0n) is 21.4. The van der Waals surface area contributed by atoms with Crippen LogP contribution >= 0.6 is 0 Å². The number of hydrogen-bond donors (Lipinski definition) is 0. The van der Waals surface area contributed by atoms with Crippen LogP contribution in [0.15, 0.2) is 60.7 Å². The first kappa shape index (κ1) is 27.7. The Morgan fingerprint density at radius 1 is 0.600 bits per heavy atom. The molecule has 0 bridgehead atoms. The van der Waals surface area contributed by atoms with E-state index >= 15 is 0 Å². The first-order valence-electron chi connectivity index (χ1n) is 13.1. The molecule has 210 valence electrons. The normalized spacial score (nSPS) is 16.9. The van der Waals surface area contributed by atoms with Crippen LogP contribution < -0.4 is 9.80 Å². The molecule has 0 radical (unpaired) electrons. The van der Waals surface area contributed by atoms with Gasteiger partial charge in [-0.25, -0.2) is 0 Å². The minimum absolute atomic E-state index is 0.0353. The highest BCUT2D eigenvalue weighted by molar-refractivity contribution is 6.06. The second kappa shape index (κ2) is 10.6. The number of nitrogens with zero attached hydrogens (tertiary/aromatic N) is 2. The first-order valence-corrected chi connectivity index (χ1v) is 13.1. The fourth-order valence-corrected chi connectivity index (χ4v) is 5.42.